The van der Waals surface area contributed by atoms with Gasteiger partial charge in [-0.1, -0.05) is 18.2 Å². The Morgan fingerprint density at radius 2 is 1.97 bits per heavy atom. The first kappa shape index (κ1) is 27.9. The van der Waals surface area contributed by atoms with Crippen LogP contribution in [0.25, 0.3) is 0 Å². The summed E-state index contributed by atoms with van der Waals surface area (Å²) in [6.07, 6.45) is -3.87. The quantitative estimate of drug-likeness (QED) is 0.222. The van der Waals surface area contributed by atoms with E-state index in [1.807, 2.05) is 0 Å². The van der Waals surface area contributed by atoms with Crippen molar-refractivity contribution in [3.63, 3.8) is 0 Å². The molecule has 1 amide bonds. The number of para-hydroxylation sites is 1. The number of benzene rings is 1. The second kappa shape index (κ2) is 12.7. The minimum Gasteiger partial charge on any atom is -0.462 e. The Morgan fingerprint density at radius 1 is 1.31 bits per heavy atom. The Balaban J connectivity index is 1.98. The molecule has 214 valence electrons. The van der Waals surface area contributed by atoms with E-state index in [1.54, 1.807) is 44.2 Å². The van der Waals surface area contributed by atoms with Crippen molar-refractivity contribution in [1.82, 2.24) is 9.99 Å². The maximum absolute atomic E-state index is 12.6. The molecule has 0 aromatic heterocycles. The van der Waals surface area contributed by atoms with Gasteiger partial charge >= 0.3 is 18.6 Å². The Hall–Kier alpha value is -2.67. The fourth-order valence-electron chi connectivity index (χ4n) is 3.78. The molecule has 6 atom stereocenters. The zero-order chi connectivity index (χ0) is 30.8. The van der Waals surface area contributed by atoms with Crippen molar-refractivity contribution in [2.75, 3.05) is 6.56 Å². The van der Waals surface area contributed by atoms with Gasteiger partial charge in [0.15, 0.2) is 18.1 Å². The van der Waals surface area contributed by atoms with Gasteiger partial charge in [0.25, 0.3) is 0 Å². The van der Waals surface area contributed by atoms with Gasteiger partial charge in [-0.2, -0.15) is 0 Å². The molecule has 2 N–H and O–H groups in total. The normalized spacial score (nSPS) is 28.4. The smallest absolute Gasteiger partial charge is 0.323 e. The highest BCUT2D eigenvalue weighted by atomic mass is 32.5. The van der Waals surface area contributed by atoms with E-state index in [9.17, 15) is 24.3 Å². The lowest BCUT2D eigenvalue weighted by Gasteiger charge is -2.35. The zero-order valence-corrected chi connectivity index (χ0v) is 23.8. The number of esters is 2. The first-order valence-corrected chi connectivity index (χ1v) is 14.7. The average molecular weight is 587 g/mol. The van der Waals surface area contributed by atoms with E-state index in [2.05, 4.69) is 5.09 Å². The van der Waals surface area contributed by atoms with Crippen molar-refractivity contribution >= 4 is 42.1 Å². The van der Waals surface area contributed by atoms with Crippen LogP contribution < -0.4 is 9.61 Å². The lowest BCUT2D eigenvalue weighted by molar-refractivity contribution is -0.166. The standard InChI is InChI=1S/C25H33N2O10PS/c1-15(2)34-23(31)16(3)26-38(39,37-19-9-7-6-8-10-19)33-14-20-22(35-17(4)28)25(5,32)24(36-20)27-12-11-18(29)13-21(27)30/h6-12,15-16,20,22,24,32H,13-14H2,1-5H3,(H,26,39)/t16?,20-,22-,24-,25-,38?/m1/s1/i14D2. The van der Waals surface area contributed by atoms with Gasteiger partial charge in [0.2, 0.25) is 5.91 Å². The highest BCUT2D eigenvalue weighted by Gasteiger charge is 2.58. The summed E-state index contributed by atoms with van der Waals surface area (Å²) in [6.45, 7) is 0.0623. The highest BCUT2D eigenvalue weighted by Crippen LogP contribution is 2.47. The minimum atomic E-state index is -3.98. The topological polar surface area (TPSA) is 150 Å². The number of allylic oxidation sites excluding steroid dienone is 1. The number of carbonyl (C=O) groups excluding carboxylic acids is 4. The van der Waals surface area contributed by atoms with Crippen molar-refractivity contribution in [3.05, 3.63) is 42.6 Å². The zero-order valence-electron chi connectivity index (χ0n) is 24.1. The summed E-state index contributed by atoms with van der Waals surface area (Å²) in [5, 5.41) is 14.1. The number of nitrogens with one attached hydrogen (secondary N) is 1. The fourth-order valence-corrected chi connectivity index (χ4v) is 6.01. The van der Waals surface area contributed by atoms with Crippen LogP contribution in [0.4, 0.5) is 0 Å². The van der Waals surface area contributed by atoms with Crippen molar-refractivity contribution in [2.45, 2.75) is 77.2 Å². The summed E-state index contributed by atoms with van der Waals surface area (Å²) in [6, 6.07) is 7.00. The molecular weight excluding hydrogens is 551 g/mol. The number of hydrogen-bond acceptors (Lipinski definition) is 11. The van der Waals surface area contributed by atoms with E-state index in [0.717, 1.165) is 24.1 Å². The van der Waals surface area contributed by atoms with Crippen LogP contribution in [-0.4, -0.2) is 76.4 Å². The van der Waals surface area contributed by atoms with Gasteiger partial charge in [-0.25, -0.2) is 5.09 Å². The van der Waals surface area contributed by atoms with Crippen molar-refractivity contribution < 1.29 is 50.3 Å². The number of carbonyl (C=O) groups is 4. The molecule has 1 aromatic carbocycles. The third-order valence-corrected chi connectivity index (χ3v) is 7.79. The largest absolute Gasteiger partial charge is 0.462 e. The van der Waals surface area contributed by atoms with Crippen LogP contribution in [-0.2, 0) is 49.7 Å². The molecule has 2 aliphatic rings. The summed E-state index contributed by atoms with van der Waals surface area (Å²) in [5.74, 6) is -2.56. The van der Waals surface area contributed by atoms with E-state index < -0.39 is 79.4 Å². The Kier molecular flexibility index (Phi) is 9.06. The average Bonchev–Trinajstić information content (AvgIpc) is 3.09. The Labute approximate surface area is 234 Å². The van der Waals surface area contributed by atoms with Crippen LogP contribution in [0, 0.1) is 0 Å². The molecule has 0 saturated carbocycles. The summed E-state index contributed by atoms with van der Waals surface area (Å²) < 4.78 is 45.5. The van der Waals surface area contributed by atoms with E-state index in [4.69, 9.17) is 37.8 Å². The third kappa shape index (κ3) is 7.93. The van der Waals surface area contributed by atoms with Gasteiger partial charge in [0.1, 0.15) is 23.5 Å². The van der Waals surface area contributed by atoms with Gasteiger partial charge in [-0.3, -0.25) is 24.1 Å². The lowest BCUT2D eigenvalue weighted by atomic mass is 9.95. The molecule has 1 saturated heterocycles. The van der Waals surface area contributed by atoms with Gasteiger partial charge in [0, 0.05) is 13.1 Å². The fraction of sp³-hybridized carbons (Fsp3) is 0.520. The summed E-state index contributed by atoms with van der Waals surface area (Å²) in [4.78, 5) is 49.7. The Bertz CT molecular complexity index is 1250. The van der Waals surface area contributed by atoms with Crippen LogP contribution in [0.3, 0.4) is 0 Å². The molecule has 0 radical (unpaired) electrons. The molecule has 3 rings (SSSR count). The molecule has 0 spiro atoms. The summed E-state index contributed by atoms with van der Waals surface area (Å²) >= 11 is 5.62. The molecule has 2 aliphatic heterocycles. The number of ether oxygens (including phenoxy) is 3. The molecule has 2 heterocycles. The molecule has 12 nitrogen and oxygen atoms in total. The van der Waals surface area contributed by atoms with E-state index in [0.29, 0.717) is 0 Å². The van der Waals surface area contributed by atoms with Gasteiger partial charge < -0.3 is 28.4 Å². The molecule has 2 unspecified atom stereocenters. The number of ketones is 1. The monoisotopic (exact) mass is 586 g/mol. The summed E-state index contributed by atoms with van der Waals surface area (Å²) in [5.41, 5.74) is -2.17. The SMILES string of the molecule is [2H]C([2H])(OP(=S)(NC(C)C(=O)OC(C)C)Oc1ccccc1)[C@H]1O[C@@H](N2C=CC(=O)CC2=O)[C@](C)(O)[C@@H]1OC(C)=O. The van der Waals surface area contributed by atoms with Crippen LogP contribution in [0.15, 0.2) is 42.6 Å². The third-order valence-electron chi connectivity index (χ3n) is 5.52. The number of aliphatic hydroxyl groups is 1. The molecule has 39 heavy (non-hydrogen) atoms. The van der Waals surface area contributed by atoms with Crippen molar-refractivity contribution in [2.24, 2.45) is 0 Å². The van der Waals surface area contributed by atoms with E-state index in [-0.39, 0.29) is 5.75 Å². The molecule has 0 bridgehead atoms. The van der Waals surface area contributed by atoms with Crippen LogP contribution in [0.5, 0.6) is 5.75 Å². The van der Waals surface area contributed by atoms with Crippen LogP contribution >= 0.6 is 6.64 Å². The van der Waals surface area contributed by atoms with Crippen LogP contribution in [0.1, 0.15) is 43.8 Å². The highest BCUT2D eigenvalue weighted by molar-refractivity contribution is 8.09. The minimum absolute atomic E-state index is 0.200. The van der Waals surface area contributed by atoms with Gasteiger partial charge in [0.05, 0.1) is 21.8 Å². The molecule has 14 heteroatoms. The predicted octanol–water partition coefficient (Wildman–Crippen LogP) is 1.96. The second-order valence-corrected chi connectivity index (χ2v) is 12.4. The first-order valence-electron chi connectivity index (χ1n) is 13.1. The molecule has 1 fully saturated rings. The maximum Gasteiger partial charge on any atom is 0.323 e. The van der Waals surface area contributed by atoms with Crippen molar-refractivity contribution in [3.8, 4) is 5.75 Å². The van der Waals surface area contributed by atoms with E-state index >= 15 is 0 Å². The number of nitrogens with zero attached hydrogens (tertiary/aromatic N) is 1. The number of rotatable bonds is 11. The molecular formula is C25H33N2O10PS. The molecule has 0 aliphatic carbocycles. The van der Waals surface area contributed by atoms with Gasteiger partial charge in [-0.15, -0.1) is 0 Å². The van der Waals surface area contributed by atoms with Gasteiger partial charge in [-0.05, 0) is 57.7 Å². The lowest BCUT2D eigenvalue weighted by Crippen LogP contribution is -2.55. The predicted molar refractivity (Wildman–Crippen MR) is 142 cm³/mol. The number of amides is 1. The molecule has 1 aromatic rings. The first-order chi connectivity index (χ1) is 18.9. The van der Waals surface area contributed by atoms with Crippen LogP contribution in [0.2, 0.25) is 0 Å². The maximum atomic E-state index is 12.6. The Morgan fingerprint density at radius 3 is 2.56 bits per heavy atom. The van der Waals surface area contributed by atoms with Crippen molar-refractivity contribution in [1.29, 1.82) is 0 Å². The number of hydrogen-bond donors (Lipinski definition) is 2. The second-order valence-electron chi connectivity index (χ2n) is 9.37. The van der Waals surface area contributed by atoms with E-state index in [1.165, 1.54) is 13.8 Å². The summed E-state index contributed by atoms with van der Waals surface area (Å²) in [7, 11) is 0.